The van der Waals surface area contributed by atoms with E-state index in [0.717, 1.165) is 36.1 Å². The SMILES string of the molecule is CC=C1C(=O)N(CCCCC)[C@H]2C(=O)N(C(C)(C)C)[C@@H]3Nc4ccccc4[C@]123. The summed E-state index contributed by atoms with van der Waals surface area (Å²) in [6, 6.07) is 7.69. The Morgan fingerprint density at radius 3 is 2.54 bits per heavy atom. The number of rotatable bonds is 4. The lowest BCUT2D eigenvalue weighted by molar-refractivity contribution is -0.141. The third-order valence-electron chi connectivity index (χ3n) is 6.52. The number of allylic oxidation sites excluding steroid dienone is 1. The number of unbranched alkanes of at least 4 members (excludes halogenated alkanes) is 2. The molecule has 0 aliphatic carbocycles. The van der Waals surface area contributed by atoms with E-state index in [-0.39, 0.29) is 23.5 Å². The van der Waals surface area contributed by atoms with Gasteiger partial charge in [-0.3, -0.25) is 9.59 Å². The minimum absolute atomic E-state index is 0.0222. The van der Waals surface area contributed by atoms with Crippen LogP contribution in [0.2, 0.25) is 0 Å². The summed E-state index contributed by atoms with van der Waals surface area (Å²) in [5.41, 5.74) is 1.88. The van der Waals surface area contributed by atoms with Crippen LogP contribution in [0.5, 0.6) is 0 Å². The number of benzene rings is 1. The molecule has 0 unspecified atom stereocenters. The number of anilines is 1. The molecule has 0 saturated carbocycles. The second-order valence-electron chi connectivity index (χ2n) is 9.15. The minimum Gasteiger partial charge on any atom is -0.364 e. The number of nitrogens with zero attached hydrogens (tertiary/aromatic N) is 2. The number of fused-ring (bicyclic) bond motifs is 1. The molecular formula is C23H31N3O2. The number of amides is 2. The molecule has 0 radical (unpaired) electrons. The highest BCUT2D eigenvalue weighted by Crippen LogP contribution is 2.59. The monoisotopic (exact) mass is 381 g/mol. The predicted octanol–water partition coefficient (Wildman–Crippen LogP) is 3.66. The van der Waals surface area contributed by atoms with Gasteiger partial charge in [-0.2, -0.15) is 0 Å². The lowest BCUT2D eigenvalue weighted by atomic mass is 9.72. The molecule has 5 nitrogen and oxygen atoms in total. The number of hydrogen-bond donors (Lipinski definition) is 1. The van der Waals surface area contributed by atoms with Crippen molar-refractivity contribution in [3.8, 4) is 0 Å². The summed E-state index contributed by atoms with van der Waals surface area (Å²) in [6.45, 7) is 10.9. The van der Waals surface area contributed by atoms with Gasteiger partial charge < -0.3 is 15.1 Å². The molecule has 28 heavy (non-hydrogen) atoms. The second-order valence-corrected chi connectivity index (χ2v) is 9.15. The van der Waals surface area contributed by atoms with Crippen LogP contribution in [0.25, 0.3) is 0 Å². The Hall–Kier alpha value is -2.30. The zero-order valence-corrected chi connectivity index (χ0v) is 17.6. The van der Waals surface area contributed by atoms with Gasteiger partial charge in [0.15, 0.2) is 0 Å². The molecule has 150 valence electrons. The maximum Gasteiger partial charge on any atom is 0.251 e. The minimum atomic E-state index is -0.640. The molecule has 0 aromatic heterocycles. The maximum absolute atomic E-state index is 13.8. The number of carbonyl (C=O) groups is 2. The Labute approximate surface area is 167 Å². The van der Waals surface area contributed by atoms with Gasteiger partial charge >= 0.3 is 0 Å². The molecule has 2 saturated heterocycles. The smallest absolute Gasteiger partial charge is 0.251 e. The first-order valence-corrected chi connectivity index (χ1v) is 10.5. The third-order valence-corrected chi connectivity index (χ3v) is 6.52. The van der Waals surface area contributed by atoms with E-state index in [9.17, 15) is 9.59 Å². The van der Waals surface area contributed by atoms with Crippen LogP contribution in [0.4, 0.5) is 5.69 Å². The Morgan fingerprint density at radius 2 is 1.89 bits per heavy atom. The zero-order chi connectivity index (χ0) is 20.3. The van der Waals surface area contributed by atoms with E-state index >= 15 is 0 Å². The Balaban J connectivity index is 1.92. The van der Waals surface area contributed by atoms with Gasteiger partial charge in [-0.1, -0.05) is 44.0 Å². The maximum atomic E-state index is 13.8. The molecule has 4 rings (SSSR count). The van der Waals surface area contributed by atoms with Crippen molar-refractivity contribution in [1.29, 1.82) is 0 Å². The van der Waals surface area contributed by atoms with Crippen molar-refractivity contribution >= 4 is 17.5 Å². The van der Waals surface area contributed by atoms with Crippen LogP contribution in [0.3, 0.4) is 0 Å². The molecule has 2 amide bonds. The molecule has 1 N–H and O–H groups in total. The number of para-hydroxylation sites is 1. The van der Waals surface area contributed by atoms with Gasteiger partial charge in [0.1, 0.15) is 12.2 Å². The Kier molecular flexibility index (Phi) is 4.32. The van der Waals surface area contributed by atoms with Gasteiger partial charge in [0.2, 0.25) is 5.91 Å². The third kappa shape index (κ3) is 2.25. The van der Waals surface area contributed by atoms with Gasteiger partial charge in [-0.25, -0.2) is 0 Å². The highest BCUT2D eigenvalue weighted by atomic mass is 16.2. The summed E-state index contributed by atoms with van der Waals surface area (Å²) in [7, 11) is 0. The van der Waals surface area contributed by atoms with Crippen LogP contribution in [-0.2, 0) is 15.0 Å². The van der Waals surface area contributed by atoms with E-state index in [2.05, 4.69) is 45.1 Å². The lowest BCUT2D eigenvalue weighted by Crippen LogP contribution is -2.53. The van der Waals surface area contributed by atoms with E-state index < -0.39 is 11.5 Å². The summed E-state index contributed by atoms with van der Waals surface area (Å²) in [4.78, 5) is 31.0. The van der Waals surface area contributed by atoms with Crippen molar-refractivity contribution in [2.24, 2.45) is 0 Å². The topological polar surface area (TPSA) is 52.7 Å². The van der Waals surface area contributed by atoms with Gasteiger partial charge in [0, 0.05) is 23.3 Å². The zero-order valence-electron chi connectivity index (χ0n) is 17.6. The summed E-state index contributed by atoms with van der Waals surface area (Å²) >= 11 is 0. The lowest BCUT2D eigenvalue weighted by Gasteiger charge is -2.39. The number of carbonyl (C=O) groups excluding carboxylic acids is 2. The highest BCUT2D eigenvalue weighted by Gasteiger charge is 2.73. The fraction of sp³-hybridized carbons (Fsp3) is 0.565. The average Bonchev–Trinajstić information content (AvgIpc) is 3.17. The van der Waals surface area contributed by atoms with Gasteiger partial charge in [0.05, 0.1) is 5.41 Å². The molecule has 1 spiro atoms. The Bertz CT molecular complexity index is 854. The number of nitrogens with one attached hydrogen (secondary N) is 1. The van der Waals surface area contributed by atoms with E-state index in [4.69, 9.17) is 0 Å². The van der Waals surface area contributed by atoms with E-state index in [0.29, 0.717) is 6.54 Å². The normalized spacial score (nSPS) is 30.0. The summed E-state index contributed by atoms with van der Waals surface area (Å²) < 4.78 is 0. The summed E-state index contributed by atoms with van der Waals surface area (Å²) in [5.74, 6) is 0.0789. The Morgan fingerprint density at radius 1 is 1.18 bits per heavy atom. The van der Waals surface area contributed by atoms with Crippen molar-refractivity contribution in [3.05, 3.63) is 41.5 Å². The second kappa shape index (κ2) is 6.36. The van der Waals surface area contributed by atoms with Crippen molar-refractivity contribution in [3.63, 3.8) is 0 Å². The summed E-state index contributed by atoms with van der Waals surface area (Å²) in [6.07, 6.45) is 4.77. The van der Waals surface area contributed by atoms with Gasteiger partial charge in [0.25, 0.3) is 5.91 Å². The van der Waals surface area contributed by atoms with Crippen molar-refractivity contribution in [1.82, 2.24) is 9.80 Å². The molecule has 1 aromatic rings. The van der Waals surface area contributed by atoms with Crippen LogP contribution in [0, 0.1) is 0 Å². The van der Waals surface area contributed by atoms with Gasteiger partial charge in [-0.15, -0.1) is 0 Å². The molecule has 2 fully saturated rings. The fourth-order valence-corrected chi connectivity index (χ4v) is 5.51. The largest absolute Gasteiger partial charge is 0.364 e. The molecule has 3 aliphatic heterocycles. The quantitative estimate of drug-likeness (QED) is 0.640. The van der Waals surface area contributed by atoms with Crippen LogP contribution < -0.4 is 5.32 Å². The van der Waals surface area contributed by atoms with Crippen molar-refractivity contribution in [2.45, 2.75) is 77.0 Å². The first-order chi connectivity index (χ1) is 13.3. The predicted molar refractivity (Wildman–Crippen MR) is 111 cm³/mol. The molecule has 5 heteroatoms. The van der Waals surface area contributed by atoms with Crippen LogP contribution >= 0.6 is 0 Å². The molecular weight excluding hydrogens is 350 g/mol. The van der Waals surface area contributed by atoms with Crippen LogP contribution in [0.15, 0.2) is 35.9 Å². The van der Waals surface area contributed by atoms with Crippen molar-refractivity contribution in [2.75, 3.05) is 11.9 Å². The molecule has 3 heterocycles. The molecule has 1 aromatic carbocycles. The molecule has 3 aliphatic rings. The van der Waals surface area contributed by atoms with Gasteiger partial charge in [-0.05, 0) is 45.7 Å². The van der Waals surface area contributed by atoms with E-state index in [1.807, 2.05) is 34.9 Å². The van der Waals surface area contributed by atoms with E-state index in [1.54, 1.807) is 0 Å². The van der Waals surface area contributed by atoms with Crippen LogP contribution in [-0.4, -0.2) is 45.9 Å². The fourth-order valence-electron chi connectivity index (χ4n) is 5.51. The average molecular weight is 382 g/mol. The first kappa shape index (κ1) is 19.0. The number of likely N-dealkylation sites (tertiary alicyclic amines) is 2. The van der Waals surface area contributed by atoms with Crippen LogP contribution in [0.1, 0.15) is 59.4 Å². The van der Waals surface area contributed by atoms with Crippen molar-refractivity contribution < 1.29 is 9.59 Å². The molecule has 3 atom stereocenters. The molecule has 0 bridgehead atoms. The van der Waals surface area contributed by atoms with E-state index in [1.165, 1.54) is 0 Å². The summed E-state index contributed by atoms with van der Waals surface area (Å²) in [5, 5.41) is 3.60. The number of hydrogen-bond acceptors (Lipinski definition) is 3. The first-order valence-electron chi connectivity index (χ1n) is 10.5. The standard InChI is InChI=1S/C23H31N3O2/c1-6-8-11-14-25-18-20(28)26(22(3,4)5)21-23(18,15(7-2)19(25)27)16-12-9-10-13-17(16)24-21/h7,9-10,12-13,18,21,24H,6,8,11,14H2,1-5H3/t18-,21-,23+/m0/s1. The highest BCUT2D eigenvalue weighted by molar-refractivity contribution is 6.09.